The second-order valence-electron chi connectivity index (χ2n) is 3.17. The third-order valence-electron chi connectivity index (χ3n) is 2.12. The van der Waals surface area contributed by atoms with Crippen LogP contribution >= 0.6 is 28.1 Å². The number of hydrogen-bond donors (Lipinski definition) is 1. The Bertz CT molecular complexity index is 559. The number of rotatable bonds is 1. The fourth-order valence-electron chi connectivity index (χ4n) is 1.40. The number of aromatic nitrogens is 2. The zero-order chi connectivity index (χ0) is 11.0. The molecule has 0 aliphatic heterocycles. The fraction of sp³-hybridized carbons (Fsp3) is 0.100. The number of nitrogens with one attached hydrogen (secondary N) is 1. The van der Waals surface area contributed by atoms with Crippen molar-refractivity contribution in [2.45, 2.75) is 6.92 Å². The molecule has 0 unspecified atom stereocenters. The fourth-order valence-corrected chi connectivity index (χ4v) is 2.08. The van der Waals surface area contributed by atoms with Gasteiger partial charge in [0.05, 0.1) is 4.47 Å². The molecule has 0 amide bonds. The van der Waals surface area contributed by atoms with Crippen molar-refractivity contribution in [1.29, 1.82) is 0 Å². The van der Waals surface area contributed by atoms with Crippen molar-refractivity contribution < 1.29 is 4.39 Å². The van der Waals surface area contributed by atoms with E-state index in [1.54, 1.807) is 12.1 Å². The maximum absolute atomic E-state index is 13.1. The molecule has 0 fully saturated rings. The van der Waals surface area contributed by atoms with Gasteiger partial charge >= 0.3 is 0 Å². The van der Waals surface area contributed by atoms with Gasteiger partial charge < -0.3 is 4.98 Å². The van der Waals surface area contributed by atoms with Gasteiger partial charge in [0, 0.05) is 17.6 Å². The number of nitrogens with zero attached hydrogens (tertiary/aromatic N) is 1. The molecule has 1 N–H and O–H groups in total. The Balaban J connectivity index is 2.65. The van der Waals surface area contributed by atoms with Crippen molar-refractivity contribution >= 4 is 28.1 Å². The molecule has 1 aromatic heterocycles. The van der Waals surface area contributed by atoms with Gasteiger partial charge in [0.25, 0.3) is 0 Å². The van der Waals surface area contributed by atoms with Gasteiger partial charge in [0.1, 0.15) is 5.82 Å². The van der Waals surface area contributed by atoms with Crippen LogP contribution in [0.5, 0.6) is 0 Å². The van der Waals surface area contributed by atoms with E-state index in [4.69, 9.17) is 12.2 Å². The van der Waals surface area contributed by atoms with Gasteiger partial charge in [-0.3, -0.25) is 4.57 Å². The minimum atomic E-state index is -0.279. The lowest BCUT2D eigenvalue weighted by atomic mass is 10.3. The van der Waals surface area contributed by atoms with Crippen LogP contribution in [0.3, 0.4) is 0 Å². The van der Waals surface area contributed by atoms with E-state index in [-0.39, 0.29) is 5.82 Å². The molecule has 0 atom stereocenters. The summed E-state index contributed by atoms with van der Waals surface area (Å²) in [7, 11) is 0. The van der Waals surface area contributed by atoms with Crippen LogP contribution in [0.4, 0.5) is 4.39 Å². The molecule has 78 valence electrons. The molecule has 5 heteroatoms. The van der Waals surface area contributed by atoms with Gasteiger partial charge in [-0.1, -0.05) is 0 Å². The molecular formula is C10H8BrFN2S. The predicted molar refractivity (Wildman–Crippen MR) is 63.3 cm³/mol. The summed E-state index contributed by atoms with van der Waals surface area (Å²) >= 11 is 8.28. The highest BCUT2D eigenvalue weighted by Crippen LogP contribution is 2.20. The smallest absolute Gasteiger partial charge is 0.182 e. The zero-order valence-electron chi connectivity index (χ0n) is 7.92. The zero-order valence-corrected chi connectivity index (χ0v) is 10.3. The maximum atomic E-state index is 13.1. The van der Waals surface area contributed by atoms with Gasteiger partial charge in [-0.25, -0.2) is 4.39 Å². The van der Waals surface area contributed by atoms with Crippen LogP contribution in [0.25, 0.3) is 5.69 Å². The van der Waals surface area contributed by atoms with E-state index in [2.05, 4.69) is 20.9 Å². The maximum Gasteiger partial charge on any atom is 0.182 e. The molecule has 0 saturated heterocycles. The topological polar surface area (TPSA) is 20.7 Å². The van der Waals surface area contributed by atoms with Crippen LogP contribution in [-0.2, 0) is 0 Å². The van der Waals surface area contributed by atoms with Gasteiger partial charge in [-0.15, -0.1) is 0 Å². The van der Waals surface area contributed by atoms with Crippen LogP contribution in [0.15, 0.2) is 28.9 Å². The van der Waals surface area contributed by atoms with Crippen LogP contribution in [0.2, 0.25) is 0 Å². The molecule has 0 aliphatic carbocycles. The Morgan fingerprint density at radius 2 is 2.20 bits per heavy atom. The van der Waals surface area contributed by atoms with Crippen molar-refractivity contribution in [3.05, 3.63) is 45.2 Å². The van der Waals surface area contributed by atoms with Crippen molar-refractivity contribution in [3.8, 4) is 5.69 Å². The summed E-state index contributed by atoms with van der Waals surface area (Å²) in [5.41, 5.74) is 1.82. The molecule has 1 heterocycles. The van der Waals surface area contributed by atoms with Gasteiger partial charge in [-0.05, 0) is 53.3 Å². The summed E-state index contributed by atoms with van der Waals surface area (Å²) in [5.74, 6) is -0.279. The monoisotopic (exact) mass is 286 g/mol. The normalized spacial score (nSPS) is 10.6. The van der Waals surface area contributed by atoms with E-state index in [1.807, 2.05) is 17.7 Å². The molecule has 0 spiro atoms. The van der Waals surface area contributed by atoms with Crippen LogP contribution in [0.1, 0.15) is 5.69 Å². The molecule has 2 rings (SSSR count). The third kappa shape index (κ3) is 1.89. The molecular weight excluding hydrogens is 279 g/mol. The number of hydrogen-bond acceptors (Lipinski definition) is 1. The van der Waals surface area contributed by atoms with Gasteiger partial charge in [0.15, 0.2) is 4.77 Å². The summed E-state index contributed by atoms with van der Waals surface area (Å²) in [6, 6.07) is 4.80. The number of H-pyrrole nitrogens is 1. The van der Waals surface area contributed by atoms with Gasteiger partial charge in [-0.2, -0.15) is 0 Å². The molecule has 2 nitrogen and oxygen atoms in total. The van der Waals surface area contributed by atoms with Crippen molar-refractivity contribution in [1.82, 2.24) is 9.55 Å². The van der Waals surface area contributed by atoms with Crippen molar-refractivity contribution in [2.75, 3.05) is 0 Å². The predicted octanol–water partition coefficient (Wildman–Crippen LogP) is 3.74. The number of benzene rings is 1. The van der Waals surface area contributed by atoms with Crippen LogP contribution < -0.4 is 0 Å². The quantitative estimate of drug-likeness (QED) is 0.792. The Morgan fingerprint density at radius 1 is 1.47 bits per heavy atom. The highest BCUT2D eigenvalue weighted by atomic mass is 79.9. The molecule has 0 bridgehead atoms. The van der Waals surface area contributed by atoms with E-state index in [9.17, 15) is 4.39 Å². The Hall–Kier alpha value is -0.940. The van der Waals surface area contributed by atoms with Crippen LogP contribution in [0, 0.1) is 17.5 Å². The number of imidazole rings is 1. The first-order valence-electron chi connectivity index (χ1n) is 4.32. The van der Waals surface area contributed by atoms with E-state index < -0.39 is 0 Å². The largest absolute Gasteiger partial charge is 0.337 e. The lowest BCUT2D eigenvalue weighted by Gasteiger charge is -2.05. The Labute approximate surface area is 99.9 Å². The van der Waals surface area contributed by atoms with Crippen molar-refractivity contribution in [2.24, 2.45) is 0 Å². The lowest BCUT2D eigenvalue weighted by Crippen LogP contribution is -1.96. The lowest BCUT2D eigenvalue weighted by molar-refractivity contribution is 0.620. The van der Waals surface area contributed by atoms with Crippen molar-refractivity contribution in [3.63, 3.8) is 0 Å². The SMILES string of the molecule is Cc1c[nH]c(=S)n1-c1ccc(F)c(Br)c1. The average Bonchev–Trinajstić information content (AvgIpc) is 2.52. The molecule has 1 aromatic carbocycles. The second kappa shape index (κ2) is 3.90. The highest BCUT2D eigenvalue weighted by molar-refractivity contribution is 9.10. The summed E-state index contributed by atoms with van der Waals surface area (Å²) in [6.45, 7) is 1.93. The van der Waals surface area contributed by atoms with E-state index in [1.165, 1.54) is 6.07 Å². The van der Waals surface area contributed by atoms with E-state index in [0.717, 1.165) is 11.4 Å². The first-order chi connectivity index (χ1) is 7.09. The third-order valence-corrected chi connectivity index (χ3v) is 3.03. The van der Waals surface area contributed by atoms with E-state index in [0.29, 0.717) is 9.24 Å². The number of aromatic amines is 1. The Kier molecular flexibility index (Phi) is 2.75. The number of halogens is 2. The summed E-state index contributed by atoms with van der Waals surface area (Å²) in [5, 5.41) is 0. The highest BCUT2D eigenvalue weighted by Gasteiger charge is 2.05. The first-order valence-corrected chi connectivity index (χ1v) is 5.52. The first kappa shape index (κ1) is 10.6. The minimum absolute atomic E-state index is 0.279. The Morgan fingerprint density at radius 3 is 2.73 bits per heavy atom. The molecule has 2 aromatic rings. The summed E-state index contributed by atoms with van der Waals surface area (Å²) in [4.78, 5) is 2.94. The summed E-state index contributed by atoms with van der Waals surface area (Å²) < 4.78 is 15.9. The minimum Gasteiger partial charge on any atom is -0.337 e. The second-order valence-corrected chi connectivity index (χ2v) is 4.41. The number of aryl methyl sites for hydroxylation is 1. The standard InChI is InChI=1S/C10H8BrFN2S/c1-6-5-13-10(15)14(6)7-2-3-9(12)8(11)4-7/h2-5H,1H3,(H,13,15). The van der Waals surface area contributed by atoms with Gasteiger partial charge in [0.2, 0.25) is 0 Å². The molecule has 0 radical (unpaired) electrons. The molecule has 0 aliphatic rings. The molecule has 15 heavy (non-hydrogen) atoms. The summed E-state index contributed by atoms with van der Waals surface area (Å²) in [6.07, 6.45) is 1.82. The van der Waals surface area contributed by atoms with E-state index >= 15 is 0 Å². The average molecular weight is 287 g/mol. The molecule has 0 saturated carbocycles. The van der Waals surface area contributed by atoms with Crippen LogP contribution in [-0.4, -0.2) is 9.55 Å².